The molecule has 3 nitrogen and oxygen atoms in total. The molecule has 0 aromatic heterocycles. The van der Waals surface area contributed by atoms with Gasteiger partial charge in [-0.05, 0) is 25.5 Å². The highest BCUT2D eigenvalue weighted by Crippen LogP contribution is 2.17. The van der Waals surface area contributed by atoms with E-state index < -0.39 is 0 Å². The Balaban J connectivity index is 2.74. The Hall–Kier alpha value is -1.35. The van der Waals surface area contributed by atoms with Crippen molar-refractivity contribution in [1.82, 2.24) is 5.32 Å². The molecule has 1 atom stereocenters. The van der Waals surface area contributed by atoms with Crippen LogP contribution in [0.15, 0.2) is 24.3 Å². The molecule has 0 aliphatic carbocycles. The van der Waals surface area contributed by atoms with Gasteiger partial charge >= 0.3 is 0 Å². The lowest BCUT2D eigenvalue weighted by Gasteiger charge is -2.17. The molecule has 0 aliphatic heterocycles. The Bertz CT molecular complexity index is 332. The molecule has 0 aliphatic rings. The van der Waals surface area contributed by atoms with Crippen LogP contribution in [-0.2, 0) is 4.79 Å². The summed E-state index contributed by atoms with van der Waals surface area (Å²) >= 11 is 0. The average Bonchev–Trinajstić information content (AvgIpc) is 2.25. The van der Waals surface area contributed by atoms with E-state index in [0.717, 1.165) is 18.5 Å². The fraction of sp³-hybridized carbons (Fsp3) is 0.462. The monoisotopic (exact) mass is 220 g/mol. The molecule has 1 aromatic rings. The largest absolute Gasteiger partial charge is 0.370 e. The third-order valence-electron chi connectivity index (χ3n) is 2.53. The molecule has 0 heterocycles. The van der Waals surface area contributed by atoms with Gasteiger partial charge in [0.1, 0.15) is 0 Å². The smallest absolute Gasteiger partial charge is 0.219 e. The highest BCUT2D eigenvalue weighted by atomic mass is 16.1. The maximum absolute atomic E-state index is 11.0. The van der Waals surface area contributed by atoms with Gasteiger partial charge in [0.15, 0.2) is 0 Å². The molecule has 0 saturated heterocycles. The van der Waals surface area contributed by atoms with Gasteiger partial charge in [0.25, 0.3) is 0 Å². The predicted molar refractivity (Wildman–Crippen MR) is 66.0 cm³/mol. The summed E-state index contributed by atoms with van der Waals surface area (Å²) < 4.78 is 0. The zero-order valence-corrected chi connectivity index (χ0v) is 9.99. The van der Waals surface area contributed by atoms with E-state index >= 15 is 0 Å². The van der Waals surface area contributed by atoms with E-state index in [0.29, 0.717) is 6.42 Å². The van der Waals surface area contributed by atoms with Crippen LogP contribution in [0, 0.1) is 6.92 Å². The van der Waals surface area contributed by atoms with Crippen LogP contribution in [0.2, 0.25) is 0 Å². The summed E-state index contributed by atoms with van der Waals surface area (Å²) in [5.41, 5.74) is 7.60. The van der Waals surface area contributed by atoms with Crippen molar-refractivity contribution in [3.05, 3.63) is 35.4 Å². The molecule has 0 bridgehead atoms. The van der Waals surface area contributed by atoms with Crippen molar-refractivity contribution >= 4 is 5.91 Å². The van der Waals surface area contributed by atoms with Crippen molar-refractivity contribution in [3.63, 3.8) is 0 Å². The third-order valence-corrected chi connectivity index (χ3v) is 2.53. The van der Waals surface area contributed by atoms with Crippen LogP contribution < -0.4 is 11.1 Å². The van der Waals surface area contributed by atoms with E-state index in [9.17, 15) is 4.79 Å². The number of primary amides is 1. The van der Waals surface area contributed by atoms with Gasteiger partial charge in [0.05, 0.1) is 0 Å². The number of nitrogens with one attached hydrogen (secondary N) is 1. The van der Waals surface area contributed by atoms with Crippen molar-refractivity contribution in [2.45, 2.75) is 32.7 Å². The Morgan fingerprint density at radius 1 is 1.38 bits per heavy atom. The lowest BCUT2D eigenvalue weighted by Crippen LogP contribution is -2.27. The fourth-order valence-corrected chi connectivity index (χ4v) is 1.63. The quantitative estimate of drug-likeness (QED) is 0.769. The van der Waals surface area contributed by atoms with Crippen LogP contribution in [0.25, 0.3) is 0 Å². The summed E-state index contributed by atoms with van der Waals surface area (Å²) in [6.45, 7) is 5.04. The minimum Gasteiger partial charge on any atom is -0.370 e. The minimum atomic E-state index is -0.269. The van der Waals surface area contributed by atoms with Crippen LogP contribution in [0.3, 0.4) is 0 Å². The average molecular weight is 220 g/mol. The maximum Gasteiger partial charge on any atom is 0.219 e. The second kappa shape index (κ2) is 6.28. The van der Waals surface area contributed by atoms with Crippen molar-refractivity contribution in [3.8, 4) is 0 Å². The van der Waals surface area contributed by atoms with Gasteiger partial charge in [-0.25, -0.2) is 0 Å². The molecule has 3 heteroatoms. The van der Waals surface area contributed by atoms with Gasteiger partial charge in [-0.3, -0.25) is 4.79 Å². The summed E-state index contributed by atoms with van der Waals surface area (Å²) in [4.78, 5) is 11.0. The molecule has 88 valence electrons. The van der Waals surface area contributed by atoms with E-state index in [1.54, 1.807) is 0 Å². The summed E-state index contributed by atoms with van der Waals surface area (Å²) in [6, 6.07) is 8.24. The van der Waals surface area contributed by atoms with Crippen molar-refractivity contribution in [2.75, 3.05) is 6.54 Å². The Morgan fingerprint density at radius 2 is 2.00 bits per heavy atom. The van der Waals surface area contributed by atoms with Crippen LogP contribution in [0.5, 0.6) is 0 Å². The molecule has 0 radical (unpaired) electrons. The molecule has 1 aromatic carbocycles. The number of carbonyl (C=O) groups excluding carboxylic acids is 1. The number of rotatable bonds is 6. The van der Waals surface area contributed by atoms with E-state index in [4.69, 9.17) is 5.73 Å². The maximum atomic E-state index is 11.0. The number of nitrogens with two attached hydrogens (primary N) is 1. The zero-order chi connectivity index (χ0) is 12.0. The van der Waals surface area contributed by atoms with Gasteiger partial charge in [-0.1, -0.05) is 36.8 Å². The van der Waals surface area contributed by atoms with Gasteiger partial charge in [0.2, 0.25) is 5.91 Å². The van der Waals surface area contributed by atoms with Gasteiger partial charge < -0.3 is 11.1 Å². The second-order valence-corrected chi connectivity index (χ2v) is 4.09. The first-order valence-corrected chi connectivity index (χ1v) is 5.71. The van der Waals surface area contributed by atoms with E-state index in [1.165, 1.54) is 5.56 Å². The molecule has 3 N–H and O–H groups in total. The molecule has 1 amide bonds. The molecular weight excluding hydrogens is 200 g/mol. The summed E-state index contributed by atoms with van der Waals surface area (Å²) in [7, 11) is 0. The van der Waals surface area contributed by atoms with E-state index in [1.807, 2.05) is 19.1 Å². The zero-order valence-electron chi connectivity index (χ0n) is 9.99. The van der Waals surface area contributed by atoms with E-state index in [-0.39, 0.29) is 11.9 Å². The SMILES string of the molecule is CCCNC(CC(N)=O)c1ccc(C)cc1. The van der Waals surface area contributed by atoms with Gasteiger partial charge in [0, 0.05) is 12.5 Å². The molecular formula is C13H20N2O. The second-order valence-electron chi connectivity index (χ2n) is 4.09. The summed E-state index contributed by atoms with van der Waals surface area (Å²) in [5.74, 6) is -0.269. The van der Waals surface area contributed by atoms with E-state index in [2.05, 4.69) is 24.4 Å². The first-order chi connectivity index (χ1) is 7.63. The van der Waals surface area contributed by atoms with Gasteiger partial charge in [-0.15, -0.1) is 0 Å². The van der Waals surface area contributed by atoms with Gasteiger partial charge in [-0.2, -0.15) is 0 Å². The van der Waals surface area contributed by atoms with Crippen LogP contribution in [-0.4, -0.2) is 12.5 Å². The van der Waals surface area contributed by atoms with Crippen LogP contribution in [0.4, 0.5) is 0 Å². The number of carbonyl (C=O) groups is 1. The molecule has 1 unspecified atom stereocenters. The summed E-state index contributed by atoms with van der Waals surface area (Å²) in [6.07, 6.45) is 1.39. The number of benzene rings is 1. The van der Waals surface area contributed by atoms with Crippen molar-refractivity contribution in [1.29, 1.82) is 0 Å². The fourth-order valence-electron chi connectivity index (χ4n) is 1.63. The van der Waals surface area contributed by atoms with Crippen molar-refractivity contribution in [2.24, 2.45) is 5.73 Å². The number of aryl methyl sites for hydroxylation is 1. The minimum absolute atomic E-state index is 0.0399. The molecule has 0 spiro atoms. The normalized spacial score (nSPS) is 12.4. The van der Waals surface area contributed by atoms with Crippen LogP contribution >= 0.6 is 0 Å². The number of hydrogen-bond acceptors (Lipinski definition) is 2. The first kappa shape index (κ1) is 12.7. The number of amides is 1. The third kappa shape index (κ3) is 4.03. The topological polar surface area (TPSA) is 55.1 Å². The Labute approximate surface area is 97.0 Å². The standard InChI is InChI=1S/C13H20N2O/c1-3-8-15-12(9-13(14)16)11-6-4-10(2)5-7-11/h4-7,12,15H,3,8-9H2,1-2H3,(H2,14,16). The Kier molecular flexibility index (Phi) is 4.99. The lowest BCUT2D eigenvalue weighted by molar-refractivity contribution is -0.118. The number of hydrogen-bond donors (Lipinski definition) is 2. The Morgan fingerprint density at radius 3 is 2.50 bits per heavy atom. The van der Waals surface area contributed by atoms with Crippen molar-refractivity contribution < 1.29 is 4.79 Å². The molecule has 16 heavy (non-hydrogen) atoms. The highest BCUT2D eigenvalue weighted by Gasteiger charge is 2.12. The predicted octanol–water partition coefficient (Wildman–Crippen LogP) is 1.91. The highest BCUT2D eigenvalue weighted by molar-refractivity contribution is 5.74. The van der Waals surface area contributed by atoms with Crippen LogP contribution in [0.1, 0.15) is 36.9 Å². The molecule has 0 fully saturated rings. The molecule has 1 rings (SSSR count). The molecule has 0 saturated carbocycles. The first-order valence-electron chi connectivity index (χ1n) is 5.71. The summed E-state index contributed by atoms with van der Waals surface area (Å²) in [5, 5.41) is 3.34. The lowest BCUT2D eigenvalue weighted by atomic mass is 10.0.